The Labute approximate surface area is 71.4 Å². The van der Waals surface area contributed by atoms with Crippen molar-refractivity contribution in [3.05, 3.63) is 29.8 Å². The summed E-state index contributed by atoms with van der Waals surface area (Å²) in [4.78, 5) is 0. The second-order valence-corrected chi connectivity index (χ2v) is 2.70. The molecule has 1 aromatic rings. The fourth-order valence-corrected chi connectivity index (χ4v) is 0.852. The van der Waals surface area contributed by atoms with E-state index in [1.165, 1.54) is 5.56 Å². The van der Waals surface area contributed by atoms with Gasteiger partial charge in [-0.05, 0) is 31.3 Å². The predicted molar refractivity (Wildman–Crippen MR) is 49.8 cm³/mol. The second kappa shape index (κ2) is 3.34. The summed E-state index contributed by atoms with van der Waals surface area (Å²) in [5, 5.41) is 4.08. The highest BCUT2D eigenvalue weighted by Crippen LogP contribution is 2.07. The van der Waals surface area contributed by atoms with Gasteiger partial charge in [0.25, 0.3) is 0 Å². The minimum absolute atomic E-state index is 0.175. The average molecular weight is 165 g/mol. The van der Waals surface area contributed by atoms with Gasteiger partial charge < -0.3 is 5.73 Å². The van der Waals surface area contributed by atoms with E-state index in [0.717, 1.165) is 5.69 Å². The van der Waals surface area contributed by atoms with Gasteiger partial charge >= 0.3 is 0 Å². The fourth-order valence-electron chi connectivity index (χ4n) is 0.747. The van der Waals surface area contributed by atoms with Gasteiger partial charge in [0.05, 0.1) is 5.69 Å². The van der Waals surface area contributed by atoms with Crippen LogP contribution in [-0.2, 0) is 0 Å². The number of thiocarbonyl (C=S) groups is 1. The molecule has 1 rings (SSSR count). The number of benzene rings is 1. The molecule has 0 aliphatic carbocycles. The van der Waals surface area contributed by atoms with Gasteiger partial charge in [-0.15, -0.1) is 0 Å². The first-order valence-corrected chi connectivity index (χ1v) is 3.67. The molecule has 0 aliphatic heterocycles. The van der Waals surface area contributed by atoms with E-state index in [2.05, 4.69) is 17.5 Å². The topological polar surface area (TPSA) is 40.1 Å². The molecule has 11 heavy (non-hydrogen) atoms. The standard InChI is InChI=1S/C8H9N2S/c1-6-2-4-7(5-3-6)10-8(9)11/h2-5H,1H3,(H2,9,11). The van der Waals surface area contributed by atoms with Crippen molar-refractivity contribution in [3.8, 4) is 0 Å². The molecule has 2 N–H and O–H groups in total. The number of nitrogens with zero attached hydrogens (tertiary/aromatic N) is 1. The lowest BCUT2D eigenvalue weighted by Crippen LogP contribution is -2.17. The maximum Gasteiger partial charge on any atom is 0.190 e. The fraction of sp³-hybridized carbons (Fsp3) is 0.125. The van der Waals surface area contributed by atoms with E-state index >= 15 is 0 Å². The molecule has 2 nitrogen and oxygen atoms in total. The number of hydrogen-bond donors (Lipinski definition) is 1. The van der Waals surface area contributed by atoms with Gasteiger partial charge in [0, 0.05) is 0 Å². The van der Waals surface area contributed by atoms with Crippen LogP contribution in [-0.4, -0.2) is 5.11 Å². The van der Waals surface area contributed by atoms with Crippen LogP contribution < -0.4 is 11.1 Å². The zero-order valence-electron chi connectivity index (χ0n) is 6.24. The van der Waals surface area contributed by atoms with E-state index in [-0.39, 0.29) is 5.11 Å². The van der Waals surface area contributed by atoms with E-state index < -0.39 is 0 Å². The maximum atomic E-state index is 5.23. The first kappa shape index (κ1) is 8.01. The Hall–Kier alpha value is -1.09. The highest BCUT2D eigenvalue weighted by Gasteiger charge is 1.93. The van der Waals surface area contributed by atoms with Gasteiger partial charge in [0.2, 0.25) is 0 Å². The molecule has 0 aromatic heterocycles. The summed E-state index contributed by atoms with van der Waals surface area (Å²) in [6, 6.07) is 7.71. The highest BCUT2D eigenvalue weighted by atomic mass is 32.1. The third-order valence-electron chi connectivity index (χ3n) is 1.27. The van der Waals surface area contributed by atoms with E-state index in [1.807, 2.05) is 31.2 Å². The molecule has 0 heterocycles. The lowest BCUT2D eigenvalue weighted by molar-refractivity contribution is 1.25. The Bertz CT molecular complexity index is 253. The van der Waals surface area contributed by atoms with Crippen LogP contribution in [0.2, 0.25) is 0 Å². The van der Waals surface area contributed by atoms with Gasteiger partial charge in [-0.1, -0.05) is 17.7 Å². The summed E-state index contributed by atoms with van der Waals surface area (Å²) in [7, 11) is 0. The third kappa shape index (κ3) is 2.55. The minimum atomic E-state index is 0.175. The van der Waals surface area contributed by atoms with Crippen LogP contribution in [0, 0.1) is 6.92 Å². The molecule has 0 fully saturated rings. The molecule has 0 aliphatic rings. The zero-order chi connectivity index (χ0) is 8.27. The number of rotatable bonds is 1. The van der Waals surface area contributed by atoms with E-state index in [0.29, 0.717) is 0 Å². The van der Waals surface area contributed by atoms with Crippen LogP contribution >= 0.6 is 12.2 Å². The van der Waals surface area contributed by atoms with Crippen molar-refractivity contribution in [3.63, 3.8) is 0 Å². The average Bonchev–Trinajstić information content (AvgIpc) is 1.93. The highest BCUT2D eigenvalue weighted by molar-refractivity contribution is 7.80. The monoisotopic (exact) mass is 165 g/mol. The van der Waals surface area contributed by atoms with Crippen molar-refractivity contribution in [1.29, 1.82) is 0 Å². The first-order valence-electron chi connectivity index (χ1n) is 3.26. The molecular weight excluding hydrogens is 156 g/mol. The number of nitrogens with two attached hydrogens (primary N) is 1. The van der Waals surface area contributed by atoms with Crippen LogP contribution in [0.25, 0.3) is 0 Å². The summed E-state index contributed by atoms with van der Waals surface area (Å²) in [5.74, 6) is 0. The molecule has 0 bridgehead atoms. The van der Waals surface area contributed by atoms with Gasteiger partial charge in [-0.2, -0.15) is 0 Å². The van der Waals surface area contributed by atoms with Gasteiger partial charge in [-0.3, -0.25) is 0 Å². The molecule has 0 saturated carbocycles. The number of hydrogen-bond acceptors (Lipinski definition) is 1. The van der Waals surface area contributed by atoms with Gasteiger partial charge in [0.15, 0.2) is 5.11 Å². The molecule has 0 saturated heterocycles. The molecule has 1 aromatic carbocycles. The van der Waals surface area contributed by atoms with Crippen molar-refractivity contribution >= 4 is 23.0 Å². The summed E-state index contributed by atoms with van der Waals surface area (Å²) in [6.07, 6.45) is 0. The zero-order valence-corrected chi connectivity index (χ0v) is 7.06. The predicted octanol–water partition coefficient (Wildman–Crippen LogP) is 1.47. The first-order chi connectivity index (χ1) is 5.18. The minimum Gasteiger partial charge on any atom is -0.374 e. The summed E-state index contributed by atoms with van der Waals surface area (Å²) >= 11 is 4.62. The Morgan fingerprint density at radius 1 is 1.36 bits per heavy atom. The third-order valence-corrected chi connectivity index (χ3v) is 1.36. The summed E-state index contributed by atoms with van der Waals surface area (Å²) < 4.78 is 0. The number of aryl methyl sites for hydroxylation is 1. The van der Waals surface area contributed by atoms with Crippen molar-refractivity contribution < 1.29 is 0 Å². The maximum absolute atomic E-state index is 5.23. The largest absolute Gasteiger partial charge is 0.374 e. The van der Waals surface area contributed by atoms with Crippen LogP contribution in [0.1, 0.15) is 5.56 Å². The SMILES string of the molecule is Cc1ccc([N]C(N)=S)cc1. The lowest BCUT2D eigenvalue weighted by atomic mass is 10.2. The van der Waals surface area contributed by atoms with Crippen molar-refractivity contribution in [2.24, 2.45) is 5.73 Å². The van der Waals surface area contributed by atoms with Gasteiger partial charge in [0.1, 0.15) is 0 Å². The normalized spacial score (nSPS) is 9.18. The van der Waals surface area contributed by atoms with Crippen molar-refractivity contribution in [1.82, 2.24) is 5.32 Å². The molecule has 0 amide bonds. The molecular formula is C8H9N2S. The van der Waals surface area contributed by atoms with Crippen LogP contribution in [0.5, 0.6) is 0 Å². The van der Waals surface area contributed by atoms with E-state index in [9.17, 15) is 0 Å². The molecule has 3 heteroatoms. The Morgan fingerprint density at radius 3 is 2.36 bits per heavy atom. The smallest absolute Gasteiger partial charge is 0.190 e. The molecule has 0 unspecified atom stereocenters. The van der Waals surface area contributed by atoms with Crippen molar-refractivity contribution in [2.45, 2.75) is 6.92 Å². The van der Waals surface area contributed by atoms with Crippen molar-refractivity contribution in [2.75, 3.05) is 0 Å². The Morgan fingerprint density at radius 2 is 1.91 bits per heavy atom. The Kier molecular flexibility index (Phi) is 2.44. The molecule has 1 radical (unpaired) electrons. The second-order valence-electron chi connectivity index (χ2n) is 2.29. The quantitative estimate of drug-likeness (QED) is 0.640. The van der Waals surface area contributed by atoms with Gasteiger partial charge in [-0.25, -0.2) is 5.32 Å². The molecule has 0 spiro atoms. The van der Waals surface area contributed by atoms with Crippen LogP contribution in [0.3, 0.4) is 0 Å². The van der Waals surface area contributed by atoms with Crippen LogP contribution in [0.4, 0.5) is 5.69 Å². The van der Waals surface area contributed by atoms with Crippen LogP contribution in [0.15, 0.2) is 24.3 Å². The molecule has 0 atom stereocenters. The summed E-state index contributed by atoms with van der Waals surface area (Å²) in [6.45, 7) is 2.02. The van der Waals surface area contributed by atoms with E-state index in [4.69, 9.17) is 5.73 Å². The molecule has 57 valence electrons. The van der Waals surface area contributed by atoms with E-state index in [1.54, 1.807) is 0 Å². The lowest BCUT2D eigenvalue weighted by Gasteiger charge is -1.98. The Balaban J connectivity index is 2.74. The summed E-state index contributed by atoms with van der Waals surface area (Å²) in [5.41, 5.74) is 7.24.